The third-order valence-electron chi connectivity index (χ3n) is 3.33. The fourth-order valence-electron chi connectivity index (χ4n) is 2.23. The Balaban J connectivity index is 2.00. The average molecular weight is 341 g/mol. The molecule has 1 aromatic heterocycles. The van der Waals surface area contributed by atoms with Gasteiger partial charge in [0.1, 0.15) is 0 Å². The van der Waals surface area contributed by atoms with Crippen molar-refractivity contribution < 1.29 is 4.79 Å². The third-order valence-corrected chi connectivity index (χ3v) is 4.38. The molecule has 21 heavy (non-hydrogen) atoms. The van der Waals surface area contributed by atoms with Gasteiger partial charge in [0.25, 0.3) is 5.91 Å². The summed E-state index contributed by atoms with van der Waals surface area (Å²) >= 11 is 3.50. The molecule has 0 fully saturated rings. The second-order valence-corrected chi connectivity index (χ2v) is 5.56. The number of fused-ring (bicyclic) bond motifs is 1. The van der Waals surface area contributed by atoms with Gasteiger partial charge in [-0.15, -0.1) is 0 Å². The van der Waals surface area contributed by atoms with E-state index in [-0.39, 0.29) is 5.91 Å². The molecule has 3 nitrogen and oxygen atoms in total. The number of nitrogens with zero attached hydrogens (tertiary/aromatic N) is 1. The van der Waals surface area contributed by atoms with Crippen LogP contribution in [-0.2, 0) is 0 Å². The highest BCUT2D eigenvalue weighted by atomic mass is 79.9. The Morgan fingerprint density at radius 1 is 1.10 bits per heavy atom. The van der Waals surface area contributed by atoms with E-state index in [4.69, 9.17) is 0 Å². The van der Waals surface area contributed by atoms with Crippen LogP contribution in [0.2, 0.25) is 0 Å². The minimum atomic E-state index is -0.139. The highest BCUT2D eigenvalue weighted by Gasteiger charge is 2.12. The summed E-state index contributed by atoms with van der Waals surface area (Å²) in [5.74, 6) is -0.139. The lowest BCUT2D eigenvalue weighted by molar-refractivity contribution is 0.102. The topological polar surface area (TPSA) is 42.0 Å². The first kappa shape index (κ1) is 13.8. The van der Waals surface area contributed by atoms with E-state index in [1.807, 2.05) is 55.5 Å². The Kier molecular flexibility index (Phi) is 3.71. The molecule has 0 aliphatic rings. The molecule has 1 N–H and O–H groups in total. The minimum absolute atomic E-state index is 0.139. The molecule has 1 heterocycles. The molecule has 0 atom stereocenters. The van der Waals surface area contributed by atoms with Crippen molar-refractivity contribution in [3.05, 3.63) is 70.3 Å². The van der Waals surface area contributed by atoms with Crippen molar-refractivity contribution >= 4 is 38.4 Å². The maximum absolute atomic E-state index is 12.5. The Hall–Kier alpha value is -2.20. The zero-order chi connectivity index (χ0) is 14.8. The Morgan fingerprint density at radius 3 is 2.76 bits per heavy atom. The molecule has 0 aliphatic carbocycles. The standard InChI is InChI=1S/C17H13BrN2O/c1-11-5-2-9-15(16(11)18)20-17(21)13-6-3-8-14-12(13)7-4-10-19-14/h2-10H,1H3,(H,20,21). The molecule has 1 amide bonds. The van der Waals surface area contributed by atoms with Gasteiger partial charge in [-0.1, -0.05) is 24.3 Å². The largest absolute Gasteiger partial charge is 0.321 e. The number of nitrogens with one attached hydrogen (secondary N) is 1. The molecule has 0 radical (unpaired) electrons. The van der Waals surface area contributed by atoms with Gasteiger partial charge in [0.2, 0.25) is 0 Å². The van der Waals surface area contributed by atoms with Crippen molar-refractivity contribution in [2.24, 2.45) is 0 Å². The van der Waals surface area contributed by atoms with Crippen LogP contribution < -0.4 is 5.32 Å². The van der Waals surface area contributed by atoms with E-state index in [0.717, 1.165) is 26.6 Å². The number of hydrogen-bond donors (Lipinski definition) is 1. The molecule has 2 aromatic carbocycles. The fourth-order valence-corrected chi connectivity index (χ4v) is 2.60. The number of halogens is 1. The van der Waals surface area contributed by atoms with Crippen molar-refractivity contribution in [2.45, 2.75) is 6.92 Å². The summed E-state index contributed by atoms with van der Waals surface area (Å²) in [4.78, 5) is 16.8. The van der Waals surface area contributed by atoms with E-state index in [1.54, 1.807) is 6.20 Å². The Labute approximate surface area is 131 Å². The summed E-state index contributed by atoms with van der Waals surface area (Å²) in [6, 6.07) is 15.1. The van der Waals surface area contributed by atoms with E-state index >= 15 is 0 Å². The van der Waals surface area contributed by atoms with Gasteiger partial charge in [0.15, 0.2) is 0 Å². The number of amides is 1. The van der Waals surface area contributed by atoms with Gasteiger partial charge >= 0.3 is 0 Å². The number of anilines is 1. The lowest BCUT2D eigenvalue weighted by Gasteiger charge is -2.10. The number of carbonyl (C=O) groups excluding carboxylic acids is 1. The predicted octanol–water partition coefficient (Wildman–Crippen LogP) is 4.56. The average Bonchev–Trinajstić information content (AvgIpc) is 2.51. The van der Waals surface area contributed by atoms with Crippen LogP contribution in [0.3, 0.4) is 0 Å². The summed E-state index contributed by atoms with van der Waals surface area (Å²) in [6.07, 6.45) is 1.72. The second-order valence-electron chi connectivity index (χ2n) is 4.77. The van der Waals surface area contributed by atoms with Crippen LogP contribution in [0.4, 0.5) is 5.69 Å². The maximum Gasteiger partial charge on any atom is 0.256 e. The molecule has 3 rings (SSSR count). The maximum atomic E-state index is 12.5. The van der Waals surface area contributed by atoms with Gasteiger partial charge in [-0.05, 0) is 52.7 Å². The van der Waals surface area contributed by atoms with Crippen LogP contribution in [0.15, 0.2) is 59.2 Å². The molecule has 0 spiro atoms. The van der Waals surface area contributed by atoms with Gasteiger partial charge in [0, 0.05) is 21.6 Å². The first-order valence-corrected chi connectivity index (χ1v) is 7.36. The zero-order valence-corrected chi connectivity index (χ0v) is 13.0. The normalized spacial score (nSPS) is 10.6. The van der Waals surface area contributed by atoms with Crippen LogP contribution in [0, 0.1) is 6.92 Å². The molecular formula is C17H13BrN2O. The molecule has 0 saturated carbocycles. The van der Waals surface area contributed by atoms with Crippen LogP contribution >= 0.6 is 15.9 Å². The van der Waals surface area contributed by atoms with Crippen LogP contribution in [0.25, 0.3) is 10.9 Å². The summed E-state index contributed by atoms with van der Waals surface area (Å²) in [5.41, 5.74) is 3.27. The zero-order valence-electron chi connectivity index (χ0n) is 11.4. The van der Waals surface area contributed by atoms with Gasteiger partial charge in [-0.3, -0.25) is 9.78 Å². The van der Waals surface area contributed by atoms with Gasteiger partial charge < -0.3 is 5.32 Å². The van der Waals surface area contributed by atoms with Crippen molar-refractivity contribution in [3.8, 4) is 0 Å². The lowest BCUT2D eigenvalue weighted by atomic mass is 10.1. The number of aromatic nitrogens is 1. The van der Waals surface area contributed by atoms with Crippen molar-refractivity contribution in [1.29, 1.82) is 0 Å². The quantitative estimate of drug-likeness (QED) is 0.743. The summed E-state index contributed by atoms with van der Waals surface area (Å²) < 4.78 is 0.900. The van der Waals surface area contributed by atoms with E-state index in [0.29, 0.717) is 5.56 Å². The smallest absolute Gasteiger partial charge is 0.256 e. The number of carbonyl (C=O) groups is 1. The van der Waals surface area contributed by atoms with Gasteiger partial charge in [-0.2, -0.15) is 0 Å². The lowest BCUT2D eigenvalue weighted by Crippen LogP contribution is -2.13. The summed E-state index contributed by atoms with van der Waals surface area (Å²) in [5, 5.41) is 3.79. The number of aryl methyl sites for hydroxylation is 1. The number of rotatable bonds is 2. The first-order chi connectivity index (χ1) is 10.2. The molecule has 0 saturated heterocycles. The number of benzene rings is 2. The second kappa shape index (κ2) is 5.66. The molecule has 4 heteroatoms. The number of hydrogen-bond acceptors (Lipinski definition) is 2. The fraction of sp³-hybridized carbons (Fsp3) is 0.0588. The molecule has 0 bridgehead atoms. The van der Waals surface area contributed by atoms with Crippen molar-refractivity contribution in [3.63, 3.8) is 0 Å². The molecular weight excluding hydrogens is 328 g/mol. The van der Waals surface area contributed by atoms with Gasteiger partial charge in [-0.25, -0.2) is 0 Å². The monoisotopic (exact) mass is 340 g/mol. The Bertz CT molecular complexity index is 825. The van der Waals surface area contributed by atoms with Crippen LogP contribution in [0.5, 0.6) is 0 Å². The van der Waals surface area contributed by atoms with Crippen LogP contribution in [-0.4, -0.2) is 10.9 Å². The van der Waals surface area contributed by atoms with E-state index in [9.17, 15) is 4.79 Å². The molecule has 3 aromatic rings. The summed E-state index contributed by atoms with van der Waals surface area (Å²) in [7, 11) is 0. The van der Waals surface area contributed by atoms with E-state index in [1.165, 1.54) is 0 Å². The Morgan fingerprint density at radius 2 is 1.90 bits per heavy atom. The highest BCUT2D eigenvalue weighted by Crippen LogP contribution is 2.27. The van der Waals surface area contributed by atoms with Crippen molar-refractivity contribution in [2.75, 3.05) is 5.32 Å². The summed E-state index contributed by atoms with van der Waals surface area (Å²) in [6.45, 7) is 1.99. The highest BCUT2D eigenvalue weighted by molar-refractivity contribution is 9.10. The molecule has 0 aliphatic heterocycles. The SMILES string of the molecule is Cc1cccc(NC(=O)c2cccc3ncccc23)c1Br. The van der Waals surface area contributed by atoms with Crippen molar-refractivity contribution in [1.82, 2.24) is 4.98 Å². The predicted molar refractivity (Wildman–Crippen MR) is 88.6 cm³/mol. The molecule has 0 unspecified atom stereocenters. The first-order valence-electron chi connectivity index (χ1n) is 6.57. The van der Waals surface area contributed by atoms with Gasteiger partial charge in [0.05, 0.1) is 11.2 Å². The third kappa shape index (κ3) is 2.67. The van der Waals surface area contributed by atoms with Crippen LogP contribution in [0.1, 0.15) is 15.9 Å². The molecule has 104 valence electrons. The number of pyridine rings is 1. The minimum Gasteiger partial charge on any atom is -0.321 e. The van der Waals surface area contributed by atoms with E-state index < -0.39 is 0 Å². The van der Waals surface area contributed by atoms with E-state index in [2.05, 4.69) is 26.2 Å².